The Morgan fingerprint density at radius 2 is 2.24 bits per heavy atom. The van der Waals surface area contributed by atoms with Gasteiger partial charge in [0.05, 0.1) is 12.7 Å². The van der Waals surface area contributed by atoms with Crippen LogP contribution in [0.1, 0.15) is 23.2 Å². The van der Waals surface area contributed by atoms with Crippen molar-refractivity contribution in [1.29, 1.82) is 0 Å². The maximum Gasteiger partial charge on any atom is 0.422 e. The van der Waals surface area contributed by atoms with E-state index in [-0.39, 0.29) is 24.1 Å². The zero-order valence-corrected chi connectivity index (χ0v) is 13.6. The number of ether oxygens (including phenoxy) is 2. The Morgan fingerprint density at radius 1 is 1.44 bits per heavy atom. The molecule has 1 aromatic heterocycles. The van der Waals surface area contributed by atoms with Crippen LogP contribution in [-0.4, -0.2) is 67.0 Å². The molecule has 1 N–H and O–H groups in total. The minimum absolute atomic E-state index is 0.0263. The van der Waals surface area contributed by atoms with Crippen molar-refractivity contribution in [3.8, 4) is 5.88 Å². The molecule has 0 spiro atoms. The van der Waals surface area contributed by atoms with E-state index in [0.717, 1.165) is 13.1 Å². The summed E-state index contributed by atoms with van der Waals surface area (Å²) in [4.78, 5) is 18.3. The molecule has 2 aliphatic rings. The number of hydrogen-bond donors (Lipinski definition) is 1. The summed E-state index contributed by atoms with van der Waals surface area (Å²) in [6.45, 7) is 1.05. The predicted molar refractivity (Wildman–Crippen MR) is 82.5 cm³/mol. The Balaban J connectivity index is 1.54. The van der Waals surface area contributed by atoms with E-state index < -0.39 is 18.7 Å². The van der Waals surface area contributed by atoms with Crippen LogP contribution in [0.15, 0.2) is 18.3 Å². The summed E-state index contributed by atoms with van der Waals surface area (Å²) in [5.74, 6) is -0.862. The first kappa shape index (κ1) is 17.9. The van der Waals surface area contributed by atoms with E-state index in [0.29, 0.717) is 12.6 Å². The number of nitrogens with zero attached hydrogens (tertiary/aromatic N) is 2. The average molecular weight is 359 g/mol. The first-order chi connectivity index (χ1) is 11.9. The molecule has 138 valence electrons. The van der Waals surface area contributed by atoms with Gasteiger partial charge in [0.15, 0.2) is 6.61 Å². The lowest BCUT2D eigenvalue weighted by Crippen LogP contribution is -2.48. The molecule has 1 saturated carbocycles. The second kappa shape index (κ2) is 7.57. The topological polar surface area (TPSA) is 63.7 Å². The highest BCUT2D eigenvalue weighted by molar-refractivity contribution is 5.96. The smallest absolute Gasteiger partial charge is 0.422 e. The number of morpholine rings is 1. The van der Waals surface area contributed by atoms with Gasteiger partial charge in [0.2, 0.25) is 5.88 Å². The molecule has 1 aliphatic heterocycles. The number of halogens is 3. The van der Waals surface area contributed by atoms with E-state index >= 15 is 0 Å². The maximum atomic E-state index is 12.3. The van der Waals surface area contributed by atoms with E-state index in [1.807, 2.05) is 0 Å². The van der Waals surface area contributed by atoms with E-state index in [9.17, 15) is 18.0 Å². The molecule has 0 radical (unpaired) electrons. The summed E-state index contributed by atoms with van der Waals surface area (Å²) in [6.07, 6.45) is -0.939. The maximum absolute atomic E-state index is 12.3. The van der Waals surface area contributed by atoms with E-state index in [1.54, 1.807) is 0 Å². The molecule has 1 unspecified atom stereocenters. The van der Waals surface area contributed by atoms with E-state index in [4.69, 9.17) is 4.74 Å². The number of hydrogen-bond acceptors (Lipinski definition) is 5. The molecule has 3 rings (SSSR count). The lowest BCUT2D eigenvalue weighted by atomic mass is 10.2. The third kappa shape index (κ3) is 5.30. The van der Waals surface area contributed by atoms with Crippen molar-refractivity contribution in [2.45, 2.75) is 31.2 Å². The third-order valence-electron chi connectivity index (χ3n) is 4.11. The van der Waals surface area contributed by atoms with Gasteiger partial charge in [0.1, 0.15) is 5.56 Å². The van der Waals surface area contributed by atoms with Gasteiger partial charge in [0, 0.05) is 31.9 Å². The molecule has 1 amide bonds. The van der Waals surface area contributed by atoms with Crippen molar-refractivity contribution < 1.29 is 27.4 Å². The van der Waals surface area contributed by atoms with Crippen LogP contribution in [0.25, 0.3) is 0 Å². The van der Waals surface area contributed by atoms with Crippen LogP contribution in [0, 0.1) is 0 Å². The monoisotopic (exact) mass is 359 g/mol. The normalized spacial score (nSPS) is 21.8. The number of carbonyl (C=O) groups is 1. The van der Waals surface area contributed by atoms with Crippen molar-refractivity contribution in [3.63, 3.8) is 0 Å². The molecular formula is C16H20F3N3O3. The van der Waals surface area contributed by atoms with Crippen molar-refractivity contribution in [1.82, 2.24) is 15.2 Å². The molecule has 1 aliphatic carbocycles. The fourth-order valence-corrected chi connectivity index (χ4v) is 2.77. The van der Waals surface area contributed by atoms with Gasteiger partial charge in [-0.15, -0.1) is 0 Å². The van der Waals surface area contributed by atoms with Gasteiger partial charge in [-0.1, -0.05) is 0 Å². The van der Waals surface area contributed by atoms with Gasteiger partial charge >= 0.3 is 6.18 Å². The lowest BCUT2D eigenvalue weighted by Gasteiger charge is -2.33. The van der Waals surface area contributed by atoms with Crippen LogP contribution in [0.3, 0.4) is 0 Å². The summed E-state index contributed by atoms with van der Waals surface area (Å²) < 4.78 is 47.2. The van der Waals surface area contributed by atoms with Crippen LogP contribution < -0.4 is 10.1 Å². The minimum Gasteiger partial charge on any atom is -0.467 e. The molecule has 1 saturated heterocycles. The summed E-state index contributed by atoms with van der Waals surface area (Å²) in [5.41, 5.74) is -0.0263. The molecule has 2 fully saturated rings. The number of alkyl halides is 3. The van der Waals surface area contributed by atoms with Crippen LogP contribution in [0.4, 0.5) is 13.2 Å². The first-order valence-corrected chi connectivity index (χ1v) is 8.21. The van der Waals surface area contributed by atoms with Crippen molar-refractivity contribution in [3.05, 3.63) is 23.9 Å². The summed E-state index contributed by atoms with van der Waals surface area (Å²) >= 11 is 0. The van der Waals surface area contributed by atoms with Crippen LogP contribution >= 0.6 is 0 Å². The summed E-state index contributed by atoms with van der Waals surface area (Å²) in [6, 6.07) is 3.48. The molecule has 2 heterocycles. The lowest BCUT2D eigenvalue weighted by molar-refractivity contribution is -0.154. The highest BCUT2D eigenvalue weighted by Crippen LogP contribution is 2.28. The van der Waals surface area contributed by atoms with Gasteiger partial charge in [0.25, 0.3) is 5.91 Å². The summed E-state index contributed by atoms with van der Waals surface area (Å²) in [7, 11) is 0. The Bertz CT molecular complexity index is 608. The Morgan fingerprint density at radius 3 is 2.96 bits per heavy atom. The standard InChI is InChI=1S/C16H20F3N3O3/c17-16(18,19)10-25-15-13(2-1-5-20-15)14(23)21-8-12-9-22(6-7-24-12)11-3-4-11/h1-2,5,11-12H,3-4,6-10H2,(H,21,23). The molecule has 9 heteroatoms. The van der Waals surface area contributed by atoms with Crippen LogP contribution in [0.2, 0.25) is 0 Å². The third-order valence-corrected chi connectivity index (χ3v) is 4.11. The predicted octanol–water partition coefficient (Wildman–Crippen LogP) is 1.62. The minimum atomic E-state index is -4.49. The highest BCUT2D eigenvalue weighted by atomic mass is 19.4. The van der Waals surface area contributed by atoms with Gasteiger partial charge in [-0.3, -0.25) is 9.69 Å². The second-order valence-electron chi connectivity index (χ2n) is 6.19. The zero-order chi connectivity index (χ0) is 17.9. The largest absolute Gasteiger partial charge is 0.467 e. The second-order valence-corrected chi connectivity index (χ2v) is 6.19. The number of amides is 1. The molecular weight excluding hydrogens is 339 g/mol. The van der Waals surface area contributed by atoms with E-state index in [1.165, 1.54) is 31.2 Å². The number of rotatable bonds is 6. The highest BCUT2D eigenvalue weighted by Gasteiger charge is 2.33. The Kier molecular flexibility index (Phi) is 5.43. The first-order valence-electron chi connectivity index (χ1n) is 8.21. The number of pyridine rings is 1. The van der Waals surface area contributed by atoms with Gasteiger partial charge in [-0.05, 0) is 25.0 Å². The number of carbonyl (C=O) groups excluding carboxylic acids is 1. The zero-order valence-electron chi connectivity index (χ0n) is 13.6. The fraction of sp³-hybridized carbons (Fsp3) is 0.625. The number of nitrogens with one attached hydrogen (secondary N) is 1. The molecule has 0 bridgehead atoms. The number of aromatic nitrogens is 1. The fourth-order valence-electron chi connectivity index (χ4n) is 2.77. The molecule has 0 aromatic carbocycles. The molecule has 25 heavy (non-hydrogen) atoms. The van der Waals surface area contributed by atoms with Crippen molar-refractivity contribution in [2.24, 2.45) is 0 Å². The van der Waals surface area contributed by atoms with E-state index in [2.05, 4.69) is 19.9 Å². The van der Waals surface area contributed by atoms with Crippen molar-refractivity contribution in [2.75, 3.05) is 32.8 Å². The molecule has 1 atom stereocenters. The Labute approximate surface area is 143 Å². The molecule has 6 nitrogen and oxygen atoms in total. The van der Waals surface area contributed by atoms with Crippen molar-refractivity contribution >= 4 is 5.91 Å². The molecule has 1 aromatic rings. The van der Waals surface area contributed by atoms with Gasteiger partial charge in [-0.2, -0.15) is 13.2 Å². The Hall–Kier alpha value is -1.87. The average Bonchev–Trinajstić information content (AvgIpc) is 3.43. The van der Waals surface area contributed by atoms with Crippen LogP contribution in [0.5, 0.6) is 5.88 Å². The van der Waals surface area contributed by atoms with Gasteiger partial charge in [-0.25, -0.2) is 4.98 Å². The SMILES string of the molecule is O=C(NCC1CN(C2CC2)CCO1)c1cccnc1OCC(F)(F)F. The van der Waals surface area contributed by atoms with Gasteiger partial charge < -0.3 is 14.8 Å². The summed E-state index contributed by atoms with van der Waals surface area (Å²) in [5, 5.41) is 2.69. The van der Waals surface area contributed by atoms with Crippen LogP contribution in [-0.2, 0) is 4.74 Å². The quantitative estimate of drug-likeness (QED) is 0.836.